The molecule has 6 aliphatic rings. The van der Waals surface area contributed by atoms with Gasteiger partial charge in [0.2, 0.25) is 0 Å². The molecule has 0 fully saturated rings. The zero-order chi connectivity index (χ0) is 50.4. The monoisotopic (exact) mass is 943 g/mol. The fourth-order valence-corrected chi connectivity index (χ4v) is 15.1. The average molecular weight is 943 g/mol. The van der Waals surface area contributed by atoms with Crippen LogP contribution in [0.2, 0.25) is 0 Å². The minimum Gasteiger partial charge on any atom is -0.376 e. The smallest absolute Gasteiger partial charge is 0.333 e. The first kappa shape index (κ1) is 46.0. The lowest BCUT2D eigenvalue weighted by Gasteiger charge is -2.49. The second-order valence-corrected chi connectivity index (χ2v) is 27.7. The van der Waals surface area contributed by atoms with Crippen LogP contribution in [-0.2, 0) is 37.9 Å². The van der Waals surface area contributed by atoms with E-state index in [1.54, 1.807) is 0 Å². The van der Waals surface area contributed by atoms with Crippen LogP contribution in [0.3, 0.4) is 0 Å². The van der Waals surface area contributed by atoms with Gasteiger partial charge in [-0.15, -0.1) is 0 Å². The number of benzene rings is 7. The highest BCUT2D eigenvalue weighted by atomic mass is 15.2. The van der Waals surface area contributed by atoms with Gasteiger partial charge in [-0.25, -0.2) is 0 Å². The molecule has 13 rings (SSSR count). The Morgan fingerprint density at radius 1 is 0.347 bits per heavy atom. The molecule has 0 saturated heterocycles. The van der Waals surface area contributed by atoms with Crippen molar-refractivity contribution in [3.8, 4) is 33.4 Å². The number of nitrogens with zero attached hydrogens (tertiary/aromatic N) is 2. The van der Waals surface area contributed by atoms with Gasteiger partial charge in [0.1, 0.15) is 0 Å². The summed E-state index contributed by atoms with van der Waals surface area (Å²) in [5.41, 5.74) is 29.4. The fraction of sp³-hybridized carbons (Fsp3) is 0.391. The van der Waals surface area contributed by atoms with Gasteiger partial charge in [0, 0.05) is 39.4 Å². The van der Waals surface area contributed by atoms with Crippen LogP contribution in [0, 0.1) is 0 Å². The molecular formula is C69H75BN2. The minimum absolute atomic E-state index is 0.0290. The first-order chi connectivity index (χ1) is 33.9. The molecule has 72 heavy (non-hydrogen) atoms. The molecule has 0 aromatic heterocycles. The Kier molecular flexibility index (Phi) is 9.40. The van der Waals surface area contributed by atoms with Crippen LogP contribution in [0.5, 0.6) is 0 Å². The molecule has 364 valence electrons. The lowest BCUT2D eigenvalue weighted by atomic mass is 9.42. The Labute approximate surface area is 432 Å². The first-order valence-corrected chi connectivity index (χ1v) is 27.5. The zero-order valence-corrected chi connectivity index (χ0v) is 45.8. The van der Waals surface area contributed by atoms with Gasteiger partial charge in [-0.3, -0.25) is 0 Å². The maximum atomic E-state index is 2.83. The van der Waals surface area contributed by atoms with Crippen molar-refractivity contribution in [1.29, 1.82) is 0 Å². The van der Waals surface area contributed by atoms with Crippen molar-refractivity contribution >= 4 is 46.2 Å². The van der Waals surface area contributed by atoms with E-state index >= 15 is 0 Å². The third-order valence-corrected chi connectivity index (χ3v) is 20.0. The third kappa shape index (κ3) is 6.34. The Morgan fingerprint density at radius 3 is 1.46 bits per heavy atom. The first-order valence-electron chi connectivity index (χ1n) is 27.5. The van der Waals surface area contributed by atoms with Gasteiger partial charge in [0.05, 0.1) is 0 Å². The minimum atomic E-state index is -0.152. The van der Waals surface area contributed by atoms with Gasteiger partial charge in [-0.1, -0.05) is 176 Å². The van der Waals surface area contributed by atoms with E-state index < -0.39 is 0 Å². The third-order valence-electron chi connectivity index (χ3n) is 20.0. The predicted octanol–water partition coefficient (Wildman–Crippen LogP) is 17.4. The molecule has 0 saturated carbocycles. The molecule has 0 unspecified atom stereocenters. The van der Waals surface area contributed by atoms with Crippen molar-refractivity contribution in [2.45, 2.75) is 173 Å². The number of hydrogen-bond acceptors (Lipinski definition) is 2. The number of anilines is 5. The summed E-state index contributed by atoms with van der Waals surface area (Å²) in [4.78, 5) is 5.58. The van der Waals surface area contributed by atoms with Crippen molar-refractivity contribution in [3.63, 3.8) is 0 Å². The Balaban J connectivity index is 1.21. The summed E-state index contributed by atoms with van der Waals surface area (Å²) in [5.74, 6) is 0. The summed E-state index contributed by atoms with van der Waals surface area (Å²) in [6.07, 6.45) is 7.08. The van der Waals surface area contributed by atoms with E-state index in [1.807, 2.05) is 0 Å². The number of fused-ring (bicyclic) bond motifs is 11. The molecular weight excluding hydrogens is 868 g/mol. The Hall–Kier alpha value is -5.80. The maximum Gasteiger partial charge on any atom is 0.333 e. The normalized spacial score (nSPS) is 21.0. The van der Waals surface area contributed by atoms with Crippen LogP contribution in [0.1, 0.15) is 180 Å². The van der Waals surface area contributed by atoms with E-state index in [0.29, 0.717) is 0 Å². The van der Waals surface area contributed by atoms with Crippen molar-refractivity contribution in [1.82, 2.24) is 0 Å². The molecule has 7 aromatic rings. The topological polar surface area (TPSA) is 6.48 Å². The van der Waals surface area contributed by atoms with E-state index in [-0.39, 0.29) is 44.8 Å². The molecule has 2 aliphatic heterocycles. The van der Waals surface area contributed by atoms with Gasteiger partial charge in [0.25, 0.3) is 0 Å². The van der Waals surface area contributed by atoms with E-state index in [4.69, 9.17) is 0 Å². The highest BCUT2D eigenvalue weighted by Crippen LogP contribution is 2.60. The SMILES string of the molecule is CC1(C)CCC(C)(C)c2cc(N3B4c5cc6c(cc5N(c5ccc7c(c5)C(C)(C)CCC7(C)C)c5cc(-c7ccccc7)cc(c54)-c4c3ccc3c4-c4ccccc4C3(C)C)C(C)(C)CCC6(C)C)ccc21. The molecule has 2 heterocycles. The standard InChI is InChI=1S/C69H75BN2/c1-63(2)30-32-65(5,6)52-38-44(24-26-49(52)63)71-58-41-55-54(67(9,10)34-35-68(55,11)12)40-56(58)70-62-47(36-43(37-59(62)71)42-20-16-15-17-21-42)61-57(29-28-51-60(61)46-22-18-19-23-48(46)69(51,13)14)72(70)45-25-27-50-53(39-45)66(7,8)33-31-64(50,3)4/h15-29,36-41H,30-35H2,1-14H3. The van der Waals surface area contributed by atoms with Crippen molar-refractivity contribution in [2.75, 3.05) is 9.71 Å². The van der Waals surface area contributed by atoms with Gasteiger partial charge in [0.15, 0.2) is 0 Å². The molecule has 0 N–H and O–H groups in total. The van der Waals surface area contributed by atoms with Gasteiger partial charge >= 0.3 is 6.85 Å². The Morgan fingerprint density at radius 2 is 0.847 bits per heavy atom. The summed E-state index contributed by atoms with van der Waals surface area (Å²) in [6, 6.07) is 51.4. The summed E-state index contributed by atoms with van der Waals surface area (Å²) in [6.45, 7) is 34.6. The van der Waals surface area contributed by atoms with Crippen LogP contribution in [0.25, 0.3) is 33.4 Å². The highest BCUT2D eigenvalue weighted by molar-refractivity contribution is 6.93. The second-order valence-electron chi connectivity index (χ2n) is 27.7. The van der Waals surface area contributed by atoms with Crippen LogP contribution in [-0.4, -0.2) is 6.85 Å². The summed E-state index contributed by atoms with van der Waals surface area (Å²) < 4.78 is 0. The summed E-state index contributed by atoms with van der Waals surface area (Å²) >= 11 is 0. The molecule has 0 atom stereocenters. The van der Waals surface area contributed by atoms with Crippen LogP contribution >= 0.6 is 0 Å². The van der Waals surface area contributed by atoms with Gasteiger partial charge in [-0.05, 0) is 203 Å². The fourth-order valence-electron chi connectivity index (χ4n) is 15.1. The highest BCUT2D eigenvalue weighted by Gasteiger charge is 2.51. The second kappa shape index (κ2) is 14.7. The molecule has 0 spiro atoms. The van der Waals surface area contributed by atoms with E-state index in [9.17, 15) is 0 Å². The summed E-state index contributed by atoms with van der Waals surface area (Å²) in [7, 11) is 0. The van der Waals surface area contributed by atoms with Crippen LogP contribution < -0.4 is 20.6 Å². The lowest BCUT2D eigenvalue weighted by molar-refractivity contribution is 0.332. The lowest BCUT2D eigenvalue weighted by Crippen LogP contribution is -2.62. The largest absolute Gasteiger partial charge is 0.376 e. The van der Waals surface area contributed by atoms with E-state index in [0.717, 1.165) is 0 Å². The molecule has 4 aliphatic carbocycles. The maximum absolute atomic E-state index is 2.83. The zero-order valence-electron chi connectivity index (χ0n) is 45.8. The Bertz CT molecular complexity index is 3470. The molecule has 0 radical (unpaired) electrons. The van der Waals surface area contributed by atoms with Crippen molar-refractivity contribution in [2.24, 2.45) is 0 Å². The average Bonchev–Trinajstić information content (AvgIpc) is 3.58. The van der Waals surface area contributed by atoms with Crippen molar-refractivity contribution < 1.29 is 0 Å². The number of rotatable bonds is 3. The quantitative estimate of drug-likeness (QED) is 0.163. The predicted molar refractivity (Wildman–Crippen MR) is 309 cm³/mol. The van der Waals surface area contributed by atoms with Gasteiger partial charge in [-0.2, -0.15) is 0 Å². The molecule has 3 heteroatoms. The van der Waals surface area contributed by atoms with E-state index in [1.165, 1.54) is 156 Å². The summed E-state index contributed by atoms with van der Waals surface area (Å²) in [5, 5.41) is 0. The van der Waals surface area contributed by atoms with E-state index in [2.05, 4.69) is 234 Å². The molecule has 2 nitrogen and oxygen atoms in total. The van der Waals surface area contributed by atoms with Gasteiger partial charge < -0.3 is 9.71 Å². The number of hydrogen-bond donors (Lipinski definition) is 0. The molecule has 0 bridgehead atoms. The van der Waals surface area contributed by atoms with Crippen LogP contribution in [0.15, 0.2) is 127 Å². The molecule has 0 amide bonds. The molecule has 7 aromatic carbocycles. The van der Waals surface area contributed by atoms with Crippen LogP contribution in [0.4, 0.5) is 28.4 Å². The van der Waals surface area contributed by atoms with Crippen molar-refractivity contribution in [3.05, 3.63) is 172 Å².